The number of nitrogens with one attached hydrogen (secondary N) is 1. The second-order valence-electron chi connectivity index (χ2n) is 5.11. The quantitative estimate of drug-likeness (QED) is 0.728. The SMILES string of the molecule is S=c1[nH]nc(-c2ccccc2Cl)n1Cc1ccc2c(c1)OCO2. The first-order chi connectivity index (χ1) is 11.2. The molecule has 7 heteroatoms. The van der Waals surface area contributed by atoms with Crippen molar-refractivity contribution in [3.63, 3.8) is 0 Å². The number of fused-ring (bicyclic) bond motifs is 1. The lowest BCUT2D eigenvalue weighted by Gasteiger charge is -2.09. The third-order valence-electron chi connectivity index (χ3n) is 3.65. The van der Waals surface area contributed by atoms with Crippen molar-refractivity contribution in [2.24, 2.45) is 0 Å². The van der Waals surface area contributed by atoms with Crippen LogP contribution in [0.25, 0.3) is 11.4 Å². The number of nitrogens with zero attached hydrogens (tertiary/aromatic N) is 2. The molecule has 2 heterocycles. The molecule has 0 saturated carbocycles. The van der Waals surface area contributed by atoms with Crippen molar-refractivity contribution in [1.29, 1.82) is 0 Å². The van der Waals surface area contributed by atoms with Crippen molar-refractivity contribution < 1.29 is 9.47 Å². The lowest BCUT2D eigenvalue weighted by atomic mass is 10.2. The van der Waals surface area contributed by atoms with E-state index in [0.717, 1.165) is 22.6 Å². The smallest absolute Gasteiger partial charge is 0.231 e. The van der Waals surface area contributed by atoms with Crippen LogP contribution in [0.5, 0.6) is 11.5 Å². The van der Waals surface area contributed by atoms with E-state index >= 15 is 0 Å². The molecule has 0 unspecified atom stereocenters. The number of benzene rings is 2. The Balaban J connectivity index is 1.74. The largest absolute Gasteiger partial charge is 0.454 e. The summed E-state index contributed by atoms with van der Waals surface area (Å²) in [7, 11) is 0. The van der Waals surface area contributed by atoms with E-state index in [-0.39, 0.29) is 6.79 Å². The lowest BCUT2D eigenvalue weighted by molar-refractivity contribution is 0.174. The maximum atomic E-state index is 6.28. The average molecular weight is 346 g/mol. The molecule has 0 fully saturated rings. The van der Waals surface area contributed by atoms with Gasteiger partial charge in [-0.1, -0.05) is 29.8 Å². The zero-order chi connectivity index (χ0) is 15.8. The standard InChI is InChI=1S/C16H12ClN3O2S/c17-12-4-2-1-3-11(12)15-18-19-16(23)20(15)8-10-5-6-13-14(7-10)22-9-21-13/h1-7H,8-9H2,(H,19,23). The van der Waals surface area contributed by atoms with Crippen LogP contribution in [0.1, 0.15) is 5.56 Å². The van der Waals surface area contributed by atoms with Crippen molar-refractivity contribution in [2.45, 2.75) is 6.54 Å². The normalized spacial score (nSPS) is 12.6. The molecule has 0 amide bonds. The van der Waals surface area contributed by atoms with Gasteiger partial charge in [-0.25, -0.2) is 0 Å². The van der Waals surface area contributed by atoms with Gasteiger partial charge in [0.05, 0.1) is 11.6 Å². The molecule has 0 atom stereocenters. The number of aromatic amines is 1. The summed E-state index contributed by atoms with van der Waals surface area (Å²) < 4.78 is 13.2. The molecule has 1 N–H and O–H groups in total. The zero-order valence-electron chi connectivity index (χ0n) is 12.0. The summed E-state index contributed by atoms with van der Waals surface area (Å²) in [5.41, 5.74) is 1.88. The Kier molecular flexibility index (Phi) is 3.55. The van der Waals surface area contributed by atoms with E-state index in [1.54, 1.807) is 0 Å². The number of aromatic nitrogens is 3. The predicted octanol–water partition coefficient (Wildman–Crippen LogP) is 4.04. The van der Waals surface area contributed by atoms with E-state index in [9.17, 15) is 0 Å². The molecule has 0 radical (unpaired) electrons. The van der Waals surface area contributed by atoms with Crippen LogP contribution in [-0.2, 0) is 6.54 Å². The molecule has 2 aromatic carbocycles. The van der Waals surface area contributed by atoms with Gasteiger partial charge in [-0.3, -0.25) is 9.67 Å². The summed E-state index contributed by atoms with van der Waals surface area (Å²) >= 11 is 11.6. The Labute approximate surface area is 142 Å². The van der Waals surface area contributed by atoms with Crippen molar-refractivity contribution in [2.75, 3.05) is 6.79 Å². The van der Waals surface area contributed by atoms with E-state index in [2.05, 4.69) is 10.2 Å². The van der Waals surface area contributed by atoms with Crippen LogP contribution in [-0.4, -0.2) is 21.6 Å². The van der Waals surface area contributed by atoms with Gasteiger partial charge < -0.3 is 9.47 Å². The van der Waals surface area contributed by atoms with Gasteiger partial charge in [0, 0.05) is 5.56 Å². The second kappa shape index (κ2) is 5.72. The van der Waals surface area contributed by atoms with Gasteiger partial charge in [0.2, 0.25) is 6.79 Å². The van der Waals surface area contributed by atoms with Gasteiger partial charge in [0.1, 0.15) is 0 Å². The number of halogens is 1. The molecule has 116 valence electrons. The highest BCUT2D eigenvalue weighted by atomic mass is 35.5. The second-order valence-corrected chi connectivity index (χ2v) is 5.90. The fourth-order valence-electron chi connectivity index (χ4n) is 2.53. The molecule has 0 aliphatic carbocycles. The lowest BCUT2D eigenvalue weighted by Crippen LogP contribution is -2.03. The minimum atomic E-state index is 0.259. The summed E-state index contributed by atoms with van der Waals surface area (Å²) in [6, 6.07) is 13.4. The van der Waals surface area contributed by atoms with Crippen LogP contribution < -0.4 is 9.47 Å². The maximum Gasteiger partial charge on any atom is 0.231 e. The number of hydrogen-bond donors (Lipinski definition) is 1. The summed E-state index contributed by atoms with van der Waals surface area (Å²) in [6.45, 7) is 0.821. The molecule has 1 aromatic heterocycles. The van der Waals surface area contributed by atoms with E-state index in [0.29, 0.717) is 22.2 Å². The average Bonchev–Trinajstić information content (AvgIpc) is 3.15. The molecule has 3 aromatic rings. The minimum Gasteiger partial charge on any atom is -0.454 e. The van der Waals surface area contributed by atoms with Gasteiger partial charge in [0.15, 0.2) is 22.1 Å². The first-order valence-electron chi connectivity index (χ1n) is 7.01. The summed E-state index contributed by atoms with van der Waals surface area (Å²) in [5.74, 6) is 2.21. The number of rotatable bonds is 3. The van der Waals surface area contributed by atoms with Gasteiger partial charge >= 0.3 is 0 Å². The van der Waals surface area contributed by atoms with Crippen LogP contribution in [0.3, 0.4) is 0 Å². The van der Waals surface area contributed by atoms with Crippen molar-refractivity contribution in [3.05, 3.63) is 57.8 Å². The van der Waals surface area contributed by atoms with Gasteiger partial charge in [-0.05, 0) is 42.0 Å². The fourth-order valence-corrected chi connectivity index (χ4v) is 2.95. The first kappa shape index (κ1) is 14.3. The molecule has 0 saturated heterocycles. The van der Waals surface area contributed by atoms with E-state index < -0.39 is 0 Å². The van der Waals surface area contributed by atoms with Crippen LogP contribution in [0.15, 0.2) is 42.5 Å². The zero-order valence-corrected chi connectivity index (χ0v) is 13.5. The first-order valence-corrected chi connectivity index (χ1v) is 7.79. The van der Waals surface area contributed by atoms with E-state index in [4.69, 9.17) is 33.3 Å². The Morgan fingerprint density at radius 2 is 2.00 bits per heavy atom. The third-order valence-corrected chi connectivity index (χ3v) is 4.29. The third kappa shape index (κ3) is 2.60. The molecule has 1 aliphatic heterocycles. The Morgan fingerprint density at radius 1 is 1.17 bits per heavy atom. The Bertz CT molecular complexity index is 935. The van der Waals surface area contributed by atoms with E-state index in [1.807, 2.05) is 47.0 Å². The molecule has 1 aliphatic rings. The van der Waals surface area contributed by atoms with Gasteiger partial charge in [0.25, 0.3) is 0 Å². The summed E-state index contributed by atoms with van der Waals surface area (Å²) in [4.78, 5) is 0. The van der Waals surface area contributed by atoms with Crippen LogP contribution in [0, 0.1) is 4.77 Å². The van der Waals surface area contributed by atoms with Crippen LogP contribution in [0.4, 0.5) is 0 Å². The highest BCUT2D eigenvalue weighted by Crippen LogP contribution is 2.33. The molecule has 5 nitrogen and oxygen atoms in total. The van der Waals surface area contributed by atoms with Crippen molar-refractivity contribution in [3.8, 4) is 22.9 Å². The highest BCUT2D eigenvalue weighted by molar-refractivity contribution is 7.71. The maximum absolute atomic E-state index is 6.28. The number of ether oxygens (including phenoxy) is 2. The van der Waals surface area contributed by atoms with E-state index in [1.165, 1.54) is 0 Å². The summed E-state index contributed by atoms with van der Waals surface area (Å²) in [5, 5.41) is 7.79. The number of hydrogen-bond acceptors (Lipinski definition) is 4. The molecule has 4 rings (SSSR count). The molecule has 23 heavy (non-hydrogen) atoms. The Morgan fingerprint density at radius 3 is 2.87 bits per heavy atom. The monoisotopic (exact) mass is 345 g/mol. The molecular weight excluding hydrogens is 334 g/mol. The Hall–Kier alpha value is -2.31. The summed E-state index contributed by atoms with van der Waals surface area (Å²) in [6.07, 6.45) is 0. The van der Waals surface area contributed by atoms with Crippen molar-refractivity contribution >= 4 is 23.8 Å². The number of H-pyrrole nitrogens is 1. The van der Waals surface area contributed by atoms with Gasteiger partial charge in [-0.2, -0.15) is 5.10 Å². The topological polar surface area (TPSA) is 52.1 Å². The fraction of sp³-hybridized carbons (Fsp3) is 0.125. The molecular formula is C16H12ClN3O2S. The minimum absolute atomic E-state index is 0.259. The molecule has 0 spiro atoms. The molecule has 0 bridgehead atoms. The van der Waals surface area contributed by atoms with Crippen LogP contribution in [0.2, 0.25) is 5.02 Å². The van der Waals surface area contributed by atoms with Gasteiger partial charge in [-0.15, -0.1) is 0 Å². The highest BCUT2D eigenvalue weighted by Gasteiger charge is 2.16. The predicted molar refractivity (Wildman–Crippen MR) is 89.5 cm³/mol. The van der Waals surface area contributed by atoms with Crippen molar-refractivity contribution in [1.82, 2.24) is 14.8 Å². The van der Waals surface area contributed by atoms with Crippen LogP contribution >= 0.6 is 23.8 Å².